The predicted molar refractivity (Wildman–Crippen MR) is 119 cm³/mol. The molecule has 0 saturated heterocycles. The molecule has 4 aromatic rings. The van der Waals surface area contributed by atoms with Crippen LogP contribution in [-0.2, 0) is 11.2 Å². The van der Waals surface area contributed by atoms with Gasteiger partial charge in [0.15, 0.2) is 0 Å². The van der Waals surface area contributed by atoms with Gasteiger partial charge < -0.3 is 9.47 Å². The average Bonchev–Trinajstić information content (AvgIpc) is 2.79. The molecule has 1 heterocycles. The summed E-state index contributed by atoms with van der Waals surface area (Å²) in [4.78, 5) is 16.8. The fraction of sp³-hybridized carbons (Fsp3) is 0.154. The topological polar surface area (TPSA) is 48.4 Å². The van der Waals surface area contributed by atoms with E-state index in [2.05, 4.69) is 53.5 Å². The van der Waals surface area contributed by atoms with Gasteiger partial charge in [-0.05, 0) is 59.9 Å². The number of hydrogen-bond donors (Lipinski definition) is 0. The van der Waals surface area contributed by atoms with Crippen LogP contribution in [0.5, 0.6) is 5.75 Å². The lowest BCUT2D eigenvalue weighted by molar-refractivity contribution is 0.0520. The number of carbonyl (C=O) groups excluding carboxylic acids is 1. The molecule has 0 bridgehead atoms. The number of fused-ring (bicyclic) bond motifs is 1. The molecule has 0 unspecified atom stereocenters. The highest BCUT2D eigenvalue weighted by Gasteiger charge is 2.15. The van der Waals surface area contributed by atoms with E-state index in [4.69, 9.17) is 9.47 Å². The third-order valence-electron chi connectivity index (χ3n) is 5.02. The highest BCUT2D eigenvalue weighted by atomic mass is 16.5. The van der Waals surface area contributed by atoms with Gasteiger partial charge in [0.2, 0.25) is 0 Å². The number of aromatic nitrogens is 1. The van der Waals surface area contributed by atoms with Crippen LogP contribution in [0.15, 0.2) is 78.9 Å². The lowest BCUT2D eigenvalue weighted by Gasteiger charge is -2.12. The molecule has 30 heavy (non-hydrogen) atoms. The number of rotatable bonds is 6. The summed E-state index contributed by atoms with van der Waals surface area (Å²) in [6.07, 6.45) is 0.875. The number of methoxy groups -OCH3 is 1. The Bertz CT molecular complexity index is 1170. The van der Waals surface area contributed by atoms with Gasteiger partial charge in [-0.3, -0.25) is 0 Å². The van der Waals surface area contributed by atoms with Crippen LogP contribution in [0.1, 0.15) is 28.5 Å². The largest absolute Gasteiger partial charge is 0.497 e. The first kappa shape index (κ1) is 19.6. The molecule has 0 aliphatic rings. The van der Waals surface area contributed by atoms with Crippen LogP contribution in [0.25, 0.3) is 22.0 Å². The Labute approximate surface area is 176 Å². The Hall–Kier alpha value is -3.66. The highest BCUT2D eigenvalue weighted by molar-refractivity contribution is 6.00. The summed E-state index contributed by atoms with van der Waals surface area (Å²) in [6.45, 7) is 2.10. The Morgan fingerprint density at radius 3 is 2.33 bits per heavy atom. The van der Waals surface area contributed by atoms with Crippen LogP contribution >= 0.6 is 0 Å². The van der Waals surface area contributed by atoms with Crippen molar-refractivity contribution < 1.29 is 14.3 Å². The second kappa shape index (κ2) is 8.78. The Balaban J connectivity index is 1.76. The van der Waals surface area contributed by atoms with Gasteiger partial charge in [-0.2, -0.15) is 0 Å². The van der Waals surface area contributed by atoms with E-state index in [0.29, 0.717) is 12.3 Å². The maximum absolute atomic E-state index is 12.3. The molecule has 0 N–H and O–H groups in total. The van der Waals surface area contributed by atoms with Gasteiger partial charge in [0, 0.05) is 5.39 Å². The predicted octanol–water partition coefficient (Wildman–Crippen LogP) is 5.68. The molecule has 0 spiro atoms. The van der Waals surface area contributed by atoms with Crippen LogP contribution in [0.2, 0.25) is 0 Å². The third-order valence-corrected chi connectivity index (χ3v) is 5.02. The standard InChI is InChI=1S/C26H23NO3/c1-3-30-26(28)25-17-22(23-16-21(29-2)13-14-24(23)27-25)20-11-9-19(10-12-20)15-18-7-5-4-6-8-18/h4-14,16-17H,3,15H2,1-2H3. The van der Waals surface area contributed by atoms with E-state index in [9.17, 15) is 4.79 Å². The molecule has 3 aromatic carbocycles. The summed E-state index contributed by atoms with van der Waals surface area (Å²) in [5, 5.41) is 0.929. The summed E-state index contributed by atoms with van der Waals surface area (Å²) in [6, 6.07) is 26.3. The van der Waals surface area contributed by atoms with E-state index in [0.717, 1.165) is 34.2 Å². The second-order valence-corrected chi connectivity index (χ2v) is 7.02. The highest BCUT2D eigenvalue weighted by Crippen LogP contribution is 2.32. The number of pyridine rings is 1. The Kier molecular flexibility index (Phi) is 5.75. The van der Waals surface area contributed by atoms with Crippen molar-refractivity contribution in [3.05, 3.63) is 95.7 Å². The lowest BCUT2D eigenvalue weighted by Crippen LogP contribution is -2.07. The molecular weight excluding hydrogens is 374 g/mol. The maximum Gasteiger partial charge on any atom is 0.356 e. The minimum atomic E-state index is -0.419. The molecule has 4 heteroatoms. The molecular formula is C26H23NO3. The molecule has 0 atom stereocenters. The normalized spacial score (nSPS) is 10.7. The fourth-order valence-corrected chi connectivity index (χ4v) is 3.51. The Morgan fingerprint density at radius 2 is 1.63 bits per heavy atom. The molecule has 0 aliphatic carbocycles. The van der Waals surface area contributed by atoms with Gasteiger partial charge in [-0.1, -0.05) is 54.6 Å². The van der Waals surface area contributed by atoms with E-state index >= 15 is 0 Å². The minimum absolute atomic E-state index is 0.304. The first-order chi connectivity index (χ1) is 14.7. The minimum Gasteiger partial charge on any atom is -0.497 e. The first-order valence-corrected chi connectivity index (χ1v) is 9.97. The van der Waals surface area contributed by atoms with Gasteiger partial charge in [0.25, 0.3) is 0 Å². The third kappa shape index (κ3) is 4.18. The van der Waals surface area contributed by atoms with Crippen molar-refractivity contribution in [3.63, 3.8) is 0 Å². The van der Waals surface area contributed by atoms with Gasteiger partial charge in [-0.15, -0.1) is 0 Å². The molecule has 4 rings (SSSR count). The summed E-state index contributed by atoms with van der Waals surface area (Å²) in [7, 11) is 1.64. The number of esters is 1. The van der Waals surface area contributed by atoms with Crippen molar-refractivity contribution in [1.82, 2.24) is 4.98 Å². The molecule has 0 radical (unpaired) electrons. The van der Waals surface area contributed by atoms with Gasteiger partial charge in [0.1, 0.15) is 11.4 Å². The Morgan fingerprint density at radius 1 is 0.900 bits per heavy atom. The number of benzene rings is 3. The second-order valence-electron chi connectivity index (χ2n) is 7.02. The number of carbonyl (C=O) groups is 1. The smallest absolute Gasteiger partial charge is 0.356 e. The average molecular weight is 397 g/mol. The van der Waals surface area contributed by atoms with Gasteiger partial charge in [-0.25, -0.2) is 9.78 Å². The lowest BCUT2D eigenvalue weighted by atomic mass is 9.97. The zero-order valence-corrected chi connectivity index (χ0v) is 17.1. The number of nitrogens with zero attached hydrogens (tertiary/aromatic N) is 1. The zero-order valence-electron chi connectivity index (χ0n) is 17.1. The van der Waals surface area contributed by atoms with E-state index in [1.54, 1.807) is 20.1 Å². The summed E-state index contributed by atoms with van der Waals surface area (Å²) in [5.41, 5.74) is 5.47. The van der Waals surface area contributed by atoms with Crippen molar-refractivity contribution >= 4 is 16.9 Å². The van der Waals surface area contributed by atoms with Crippen molar-refractivity contribution in [2.45, 2.75) is 13.3 Å². The SMILES string of the molecule is CCOC(=O)c1cc(-c2ccc(Cc3ccccc3)cc2)c2cc(OC)ccc2n1. The van der Waals surface area contributed by atoms with E-state index in [-0.39, 0.29) is 0 Å². The number of hydrogen-bond acceptors (Lipinski definition) is 4. The van der Waals surface area contributed by atoms with Gasteiger partial charge >= 0.3 is 5.97 Å². The van der Waals surface area contributed by atoms with Crippen molar-refractivity contribution in [3.8, 4) is 16.9 Å². The van der Waals surface area contributed by atoms with E-state index in [1.807, 2.05) is 24.3 Å². The van der Waals surface area contributed by atoms with Crippen molar-refractivity contribution in [2.75, 3.05) is 13.7 Å². The van der Waals surface area contributed by atoms with Crippen molar-refractivity contribution in [1.29, 1.82) is 0 Å². The van der Waals surface area contributed by atoms with Crippen LogP contribution in [0.3, 0.4) is 0 Å². The molecule has 0 amide bonds. The first-order valence-electron chi connectivity index (χ1n) is 9.97. The maximum atomic E-state index is 12.3. The molecule has 0 fully saturated rings. The van der Waals surface area contributed by atoms with Crippen LogP contribution in [0, 0.1) is 0 Å². The molecule has 4 nitrogen and oxygen atoms in total. The molecule has 1 aromatic heterocycles. The quantitative estimate of drug-likeness (QED) is 0.393. The monoisotopic (exact) mass is 397 g/mol. The molecule has 0 aliphatic heterocycles. The fourth-order valence-electron chi connectivity index (χ4n) is 3.51. The number of ether oxygens (including phenoxy) is 2. The summed E-state index contributed by atoms with van der Waals surface area (Å²) >= 11 is 0. The van der Waals surface area contributed by atoms with Crippen molar-refractivity contribution in [2.24, 2.45) is 0 Å². The zero-order chi connectivity index (χ0) is 20.9. The van der Waals surface area contributed by atoms with Crippen LogP contribution in [-0.4, -0.2) is 24.7 Å². The summed E-state index contributed by atoms with van der Waals surface area (Å²) in [5.74, 6) is 0.326. The molecule has 0 saturated carbocycles. The van der Waals surface area contributed by atoms with E-state index < -0.39 is 5.97 Å². The summed E-state index contributed by atoms with van der Waals surface area (Å²) < 4.78 is 10.6. The van der Waals surface area contributed by atoms with Crippen LogP contribution < -0.4 is 4.74 Å². The van der Waals surface area contributed by atoms with E-state index in [1.165, 1.54) is 11.1 Å². The van der Waals surface area contributed by atoms with Crippen LogP contribution in [0.4, 0.5) is 0 Å². The molecule has 150 valence electrons. The van der Waals surface area contributed by atoms with Gasteiger partial charge in [0.05, 0.1) is 19.2 Å².